The van der Waals surface area contributed by atoms with Crippen LogP contribution in [-0.2, 0) is 6.42 Å². The van der Waals surface area contributed by atoms with Crippen LogP contribution in [0, 0.1) is 5.92 Å². The number of aryl methyl sites for hydroxylation is 1. The van der Waals surface area contributed by atoms with E-state index in [1.165, 1.54) is 36.0 Å². The van der Waals surface area contributed by atoms with Crippen molar-refractivity contribution in [1.29, 1.82) is 0 Å². The van der Waals surface area contributed by atoms with Crippen molar-refractivity contribution < 1.29 is 5.11 Å². The van der Waals surface area contributed by atoms with Crippen LogP contribution in [0.2, 0.25) is 0 Å². The minimum atomic E-state index is 0.540. The van der Waals surface area contributed by atoms with Crippen LogP contribution in [0.3, 0.4) is 0 Å². The third-order valence-corrected chi connectivity index (χ3v) is 4.50. The van der Waals surface area contributed by atoms with Gasteiger partial charge < -0.3 is 5.11 Å². The minimum absolute atomic E-state index is 0.540. The number of phenols is 1. The summed E-state index contributed by atoms with van der Waals surface area (Å²) in [5.74, 6) is 2.52. The number of aromatic hydroxyl groups is 1. The molecule has 3 rings (SSSR count). The predicted octanol–water partition coefficient (Wildman–Crippen LogP) is 3.96. The van der Waals surface area contributed by atoms with Crippen LogP contribution in [0.15, 0.2) is 12.1 Å². The van der Waals surface area contributed by atoms with Gasteiger partial charge in [0.25, 0.3) is 0 Å². The first kappa shape index (κ1) is 10.2. The number of phenolic OH excluding ortho intramolecular Hbond substituents is 1. The van der Waals surface area contributed by atoms with Crippen molar-refractivity contribution in [2.24, 2.45) is 5.92 Å². The molecule has 0 bridgehead atoms. The normalized spacial score (nSPS) is 25.5. The lowest BCUT2D eigenvalue weighted by Gasteiger charge is -2.17. The van der Waals surface area contributed by atoms with Crippen molar-refractivity contribution in [3.05, 3.63) is 28.8 Å². The van der Waals surface area contributed by atoms with Crippen LogP contribution < -0.4 is 0 Å². The Labute approximate surface area is 97.5 Å². The number of fused-ring (bicyclic) bond motifs is 1. The Morgan fingerprint density at radius 2 is 2.00 bits per heavy atom. The molecule has 1 heteroatoms. The van der Waals surface area contributed by atoms with Gasteiger partial charge in [0.1, 0.15) is 5.75 Å². The van der Waals surface area contributed by atoms with E-state index in [9.17, 15) is 5.11 Å². The molecule has 0 amide bonds. The Balaban J connectivity index is 2.04. The molecule has 2 atom stereocenters. The van der Waals surface area contributed by atoms with Gasteiger partial charge in [0.2, 0.25) is 0 Å². The average Bonchev–Trinajstić information content (AvgIpc) is 3.04. The molecule has 2 aliphatic rings. The minimum Gasteiger partial charge on any atom is -0.507 e. The van der Waals surface area contributed by atoms with Crippen molar-refractivity contribution in [3.63, 3.8) is 0 Å². The maximum atomic E-state index is 10.4. The first-order valence-electron chi connectivity index (χ1n) is 6.53. The van der Waals surface area contributed by atoms with Crippen LogP contribution in [0.25, 0.3) is 0 Å². The van der Waals surface area contributed by atoms with Crippen LogP contribution in [0.5, 0.6) is 5.75 Å². The van der Waals surface area contributed by atoms with Crippen molar-refractivity contribution in [2.45, 2.75) is 51.4 Å². The number of hydrogen-bond donors (Lipinski definition) is 1. The summed E-state index contributed by atoms with van der Waals surface area (Å²) in [4.78, 5) is 0. The van der Waals surface area contributed by atoms with Crippen LogP contribution in [0.1, 0.15) is 61.6 Å². The second kappa shape index (κ2) is 3.51. The predicted molar refractivity (Wildman–Crippen MR) is 66.0 cm³/mol. The zero-order valence-corrected chi connectivity index (χ0v) is 10.2. The topological polar surface area (TPSA) is 20.2 Å². The highest BCUT2D eigenvalue weighted by Crippen LogP contribution is 2.48. The van der Waals surface area contributed by atoms with Crippen LogP contribution >= 0.6 is 0 Å². The first-order valence-corrected chi connectivity index (χ1v) is 6.53. The maximum Gasteiger partial charge on any atom is 0.122 e. The Kier molecular flexibility index (Phi) is 2.24. The molecule has 0 spiro atoms. The fraction of sp³-hybridized carbons (Fsp3) is 0.600. The van der Waals surface area contributed by atoms with Gasteiger partial charge in [-0.3, -0.25) is 0 Å². The molecule has 0 aliphatic heterocycles. The van der Waals surface area contributed by atoms with E-state index >= 15 is 0 Å². The molecular weight excluding hydrogens is 196 g/mol. The third-order valence-electron chi connectivity index (χ3n) is 4.50. The van der Waals surface area contributed by atoms with Gasteiger partial charge in [0.05, 0.1) is 0 Å². The van der Waals surface area contributed by atoms with Crippen LogP contribution in [0.4, 0.5) is 0 Å². The monoisotopic (exact) mass is 216 g/mol. The van der Waals surface area contributed by atoms with E-state index in [0.29, 0.717) is 17.6 Å². The molecule has 16 heavy (non-hydrogen) atoms. The van der Waals surface area contributed by atoms with Crippen LogP contribution in [-0.4, -0.2) is 5.11 Å². The average molecular weight is 216 g/mol. The SMILES string of the molecule is CC1CCc2ccc(C(C)C3CC3)c(O)c21. The van der Waals surface area contributed by atoms with E-state index in [0.717, 1.165) is 12.3 Å². The highest BCUT2D eigenvalue weighted by atomic mass is 16.3. The van der Waals surface area contributed by atoms with Gasteiger partial charge in [-0.1, -0.05) is 26.0 Å². The molecule has 0 radical (unpaired) electrons. The van der Waals surface area contributed by atoms with Crippen molar-refractivity contribution >= 4 is 0 Å². The zero-order chi connectivity index (χ0) is 11.3. The van der Waals surface area contributed by atoms with Gasteiger partial charge in [-0.15, -0.1) is 0 Å². The molecule has 1 N–H and O–H groups in total. The molecule has 2 unspecified atom stereocenters. The molecule has 1 saturated carbocycles. The Bertz CT molecular complexity index is 418. The molecule has 1 fully saturated rings. The summed E-state index contributed by atoms with van der Waals surface area (Å²) in [5.41, 5.74) is 3.80. The summed E-state index contributed by atoms with van der Waals surface area (Å²) < 4.78 is 0. The largest absolute Gasteiger partial charge is 0.507 e. The lowest BCUT2D eigenvalue weighted by atomic mass is 9.90. The summed E-state index contributed by atoms with van der Waals surface area (Å²) in [7, 11) is 0. The Morgan fingerprint density at radius 3 is 2.69 bits per heavy atom. The molecule has 2 aliphatic carbocycles. The van der Waals surface area contributed by atoms with Gasteiger partial charge in [0, 0.05) is 5.56 Å². The second-order valence-electron chi connectivity index (χ2n) is 5.64. The zero-order valence-electron chi connectivity index (χ0n) is 10.2. The molecule has 0 aromatic heterocycles. The lowest BCUT2D eigenvalue weighted by molar-refractivity contribution is 0.449. The summed E-state index contributed by atoms with van der Waals surface area (Å²) >= 11 is 0. The number of rotatable bonds is 2. The third kappa shape index (κ3) is 1.45. The highest BCUT2D eigenvalue weighted by molar-refractivity contribution is 5.51. The molecule has 1 nitrogen and oxygen atoms in total. The maximum absolute atomic E-state index is 10.4. The fourth-order valence-electron chi connectivity index (χ4n) is 3.17. The van der Waals surface area contributed by atoms with Gasteiger partial charge in [0.15, 0.2) is 0 Å². The summed E-state index contributed by atoms with van der Waals surface area (Å²) in [6.07, 6.45) is 5.02. The standard InChI is InChI=1S/C15H20O/c1-9-3-4-12-7-8-13(15(16)14(9)12)10(2)11-5-6-11/h7-11,16H,3-6H2,1-2H3. The van der Waals surface area contributed by atoms with Gasteiger partial charge in [-0.05, 0) is 54.6 Å². The van der Waals surface area contributed by atoms with E-state index in [1.54, 1.807) is 0 Å². The molecular formula is C15H20O. The van der Waals surface area contributed by atoms with Gasteiger partial charge in [-0.25, -0.2) is 0 Å². The van der Waals surface area contributed by atoms with Crippen molar-refractivity contribution in [3.8, 4) is 5.75 Å². The summed E-state index contributed by atoms with van der Waals surface area (Å²) in [6.45, 7) is 4.50. The van der Waals surface area contributed by atoms with E-state index < -0.39 is 0 Å². The molecule has 0 saturated heterocycles. The number of benzene rings is 1. The molecule has 0 heterocycles. The van der Waals surface area contributed by atoms with E-state index in [-0.39, 0.29) is 0 Å². The Hall–Kier alpha value is -0.980. The van der Waals surface area contributed by atoms with E-state index in [2.05, 4.69) is 26.0 Å². The molecule has 86 valence electrons. The fourth-order valence-corrected chi connectivity index (χ4v) is 3.17. The quantitative estimate of drug-likeness (QED) is 0.793. The summed E-state index contributed by atoms with van der Waals surface area (Å²) in [6, 6.07) is 4.40. The summed E-state index contributed by atoms with van der Waals surface area (Å²) in [5, 5.41) is 10.4. The second-order valence-corrected chi connectivity index (χ2v) is 5.64. The van der Waals surface area contributed by atoms with E-state index in [1.807, 2.05) is 0 Å². The number of hydrogen-bond acceptors (Lipinski definition) is 1. The smallest absolute Gasteiger partial charge is 0.122 e. The molecule has 1 aromatic rings. The lowest BCUT2D eigenvalue weighted by Crippen LogP contribution is -1.99. The van der Waals surface area contributed by atoms with Crippen molar-refractivity contribution in [1.82, 2.24) is 0 Å². The Morgan fingerprint density at radius 1 is 1.25 bits per heavy atom. The highest BCUT2D eigenvalue weighted by Gasteiger charge is 2.32. The van der Waals surface area contributed by atoms with E-state index in [4.69, 9.17) is 0 Å². The van der Waals surface area contributed by atoms with Gasteiger partial charge in [-0.2, -0.15) is 0 Å². The molecule has 1 aromatic carbocycles. The first-order chi connectivity index (χ1) is 7.68. The van der Waals surface area contributed by atoms with Gasteiger partial charge >= 0.3 is 0 Å². The van der Waals surface area contributed by atoms with Crippen molar-refractivity contribution in [2.75, 3.05) is 0 Å².